The Kier molecular flexibility index (Phi) is 2.45. The molecule has 0 bridgehead atoms. The van der Waals surface area contributed by atoms with Crippen LogP contribution in [0.25, 0.3) is 0 Å². The molecule has 0 aromatic carbocycles. The fourth-order valence-corrected chi connectivity index (χ4v) is 1.98. The molecular formula is C7H11F2NO5. The van der Waals surface area contributed by atoms with Gasteiger partial charge in [0.15, 0.2) is 0 Å². The Bertz CT molecular complexity index is 266. The SMILES string of the molecule is OC[C@@H]1[C@@H](O)[C@H](O)[C@@H]2N1OC(O)C2(F)F. The normalized spacial score (nSPS) is 49.6. The van der Waals surface area contributed by atoms with Crippen LogP contribution in [0.2, 0.25) is 0 Å². The van der Waals surface area contributed by atoms with Crippen molar-refractivity contribution in [3.05, 3.63) is 0 Å². The van der Waals surface area contributed by atoms with Crippen molar-refractivity contribution in [2.45, 2.75) is 36.5 Å². The van der Waals surface area contributed by atoms with Crippen molar-refractivity contribution in [1.82, 2.24) is 5.06 Å². The smallest absolute Gasteiger partial charge is 0.319 e. The second-order valence-corrected chi connectivity index (χ2v) is 3.67. The van der Waals surface area contributed by atoms with E-state index in [1.807, 2.05) is 0 Å². The van der Waals surface area contributed by atoms with E-state index in [4.69, 9.17) is 10.2 Å². The third-order valence-corrected chi connectivity index (χ3v) is 2.80. The average molecular weight is 227 g/mol. The van der Waals surface area contributed by atoms with E-state index in [-0.39, 0.29) is 0 Å². The molecule has 2 fully saturated rings. The summed E-state index contributed by atoms with van der Waals surface area (Å²) in [6.07, 6.45) is -5.66. The highest BCUT2D eigenvalue weighted by atomic mass is 19.3. The molecule has 2 saturated heterocycles. The summed E-state index contributed by atoms with van der Waals surface area (Å²) < 4.78 is 26.5. The second-order valence-electron chi connectivity index (χ2n) is 3.67. The van der Waals surface area contributed by atoms with Crippen LogP contribution in [0.15, 0.2) is 0 Å². The zero-order valence-corrected chi connectivity index (χ0v) is 7.49. The van der Waals surface area contributed by atoms with E-state index in [1.54, 1.807) is 0 Å². The van der Waals surface area contributed by atoms with E-state index in [0.29, 0.717) is 5.06 Å². The van der Waals surface area contributed by atoms with Crippen LogP contribution >= 0.6 is 0 Å². The van der Waals surface area contributed by atoms with Gasteiger partial charge in [0, 0.05) is 0 Å². The molecule has 0 amide bonds. The highest BCUT2D eigenvalue weighted by Crippen LogP contribution is 2.43. The molecule has 88 valence electrons. The highest BCUT2D eigenvalue weighted by molar-refractivity contribution is 5.07. The quantitative estimate of drug-likeness (QED) is 0.401. The van der Waals surface area contributed by atoms with Gasteiger partial charge in [-0.15, -0.1) is 0 Å². The lowest BCUT2D eigenvalue weighted by Gasteiger charge is -2.20. The molecule has 0 saturated carbocycles. The van der Waals surface area contributed by atoms with Gasteiger partial charge in [-0.2, -0.15) is 13.8 Å². The van der Waals surface area contributed by atoms with E-state index in [0.717, 1.165) is 0 Å². The molecule has 1 unspecified atom stereocenters. The fraction of sp³-hybridized carbons (Fsp3) is 1.00. The predicted octanol–water partition coefficient (Wildman–Crippen LogP) is -2.35. The van der Waals surface area contributed by atoms with Crippen LogP contribution in [-0.4, -0.2) is 68.6 Å². The van der Waals surface area contributed by atoms with Gasteiger partial charge in [0.05, 0.1) is 12.6 Å². The zero-order valence-electron chi connectivity index (χ0n) is 7.49. The van der Waals surface area contributed by atoms with Gasteiger partial charge < -0.3 is 20.4 Å². The summed E-state index contributed by atoms with van der Waals surface area (Å²) in [4.78, 5) is 4.40. The molecule has 2 aliphatic heterocycles. The van der Waals surface area contributed by atoms with E-state index in [1.165, 1.54) is 0 Å². The van der Waals surface area contributed by atoms with Crippen molar-refractivity contribution < 1.29 is 34.0 Å². The molecule has 0 aromatic heterocycles. The topological polar surface area (TPSA) is 93.4 Å². The van der Waals surface area contributed by atoms with Gasteiger partial charge in [0.1, 0.15) is 18.2 Å². The third-order valence-electron chi connectivity index (χ3n) is 2.80. The molecule has 2 aliphatic rings. The second kappa shape index (κ2) is 3.30. The van der Waals surface area contributed by atoms with Gasteiger partial charge in [0.25, 0.3) is 0 Å². The molecule has 0 radical (unpaired) electrons. The number of alkyl halides is 2. The fourth-order valence-electron chi connectivity index (χ4n) is 1.98. The van der Waals surface area contributed by atoms with Crippen molar-refractivity contribution in [3.63, 3.8) is 0 Å². The number of aliphatic hydroxyl groups is 4. The number of hydrogen-bond acceptors (Lipinski definition) is 6. The van der Waals surface area contributed by atoms with Crippen LogP contribution in [0.3, 0.4) is 0 Å². The number of hydroxylamine groups is 2. The molecule has 2 rings (SSSR count). The van der Waals surface area contributed by atoms with Gasteiger partial charge in [-0.3, -0.25) is 4.84 Å². The van der Waals surface area contributed by atoms with Gasteiger partial charge in [-0.25, -0.2) is 0 Å². The Morgan fingerprint density at radius 2 is 1.80 bits per heavy atom. The molecule has 2 heterocycles. The Balaban J connectivity index is 2.30. The number of fused-ring (bicyclic) bond motifs is 1. The lowest BCUT2D eigenvalue weighted by Crippen LogP contribution is -2.47. The lowest BCUT2D eigenvalue weighted by atomic mass is 10.0. The molecular weight excluding hydrogens is 216 g/mol. The van der Waals surface area contributed by atoms with Crippen molar-refractivity contribution in [3.8, 4) is 0 Å². The van der Waals surface area contributed by atoms with Crippen LogP contribution < -0.4 is 0 Å². The Morgan fingerprint density at radius 3 is 2.33 bits per heavy atom. The maximum atomic E-state index is 13.3. The van der Waals surface area contributed by atoms with E-state index in [2.05, 4.69) is 4.84 Å². The van der Waals surface area contributed by atoms with Crippen molar-refractivity contribution in [2.75, 3.05) is 6.61 Å². The molecule has 15 heavy (non-hydrogen) atoms. The number of halogens is 2. The molecule has 4 N–H and O–H groups in total. The summed E-state index contributed by atoms with van der Waals surface area (Å²) in [5, 5.41) is 37.0. The minimum absolute atomic E-state index is 0.569. The zero-order chi connectivity index (χ0) is 11.4. The van der Waals surface area contributed by atoms with Gasteiger partial charge in [-0.05, 0) is 0 Å². The first-order valence-corrected chi connectivity index (χ1v) is 4.39. The highest BCUT2D eigenvalue weighted by Gasteiger charge is 2.68. The van der Waals surface area contributed by atoms with Crippen LogP contribution in [0.1, 0.15) is 0 Å². The first-order valence-electron chi connectivity index (χ1n) is 4.39. The third kappa shape index (κ3) is 1.30. The van der Waals surface area contributed by atoms with Crippen LogP contribution in [0, 0.1) is 0 Å². The predicted molar refractivity (Wildman–Crippen MR) is 40.6 cm³/mol. The number of rotatable bonds is 1. The first-order chi connectivity index (χ1) is 6.91. The Labute approximate surface area is 83.3 Å². The van der Waals surface area contributed by atoms with E-state index < -0.39 is 43.1 Å². The molecule has 8 heteroatoms. The lowest BCUT2D eigenvalue weighted by molar-refractivity contribution is -0.261. The van der Waals surface area contributed by atoms with Crippen molar-refractivity contribution >= 4 is 0 Å². The summed E-state index contributed by atoms with van der Waals surface area (Å²) in [5.41, 5.74) is 0. The van der Waals surface area contributed by atoms with Gasteiger partial charge >= 0.3 is 5.92 Å². The van der Waals surface area contributed by atoms with Crippen LogP contribution in [0.5, 0.6) is 0 Å². The van der Waals surface area contributed by atoms with Crippen LogP contribution in [-0.2, 0) is 4.84 Å². The minimum Gasteiger partial charge on any atom is -0.395 e. The number of aliphatic hydroxyl groups excluding tert-OH is 4. The monoisotopic (exact) mass is 227 g/mol. The Hall–Kier alpha value is -0.380. The first kappa shape index (κ1) is 11.1. The van der Waals surface area contributed by atoms with Crippen molar-refractivity contribution in [1.29, 1.82) is 0 Å². The summed E-state index contributed by atoms with van der Waals surface area (Å²) in [6.45, 7) is -0.655. The average Bonchev–Trinajstić information content (AvgIpc) is 2.51. The van der Waals surface area contributed by atoms with Gasteiger partial charge in [0.2, 0.25) is 6.29 Å². The number of hydrogen-bond donors (Lipinski definition) is 4. The summed E-state index contributed by atoms with van der Waals surface area (Å²) in [5.74, 6) is -3.68. The van der Waals surface area contributed by atoms with E-state index in [9.17, 15) is 19.0 Å². The van der Waals surface area contributed by atoms with Gasteiger partial charge in [-0.1, -0.05) is 0 Å². The number of nitrogens with zero attached hydrogens (tertiary/aromatic N) is 1. The summed E-state index contributed by atoms with van der Waals surface area (Å²) in [6, 6.07) is -2.99. The molecule has 0 aliphatic carbocycles. The maximum absolute atomic E-state index is 13.3. The standard InChI is InChI=1S/C7H11F2NO5/c8-7(9)5-4(13)3(12)2(1-11)10(5)15-6(7)14/h2-6,11-14H,1H2/t2-,3-,4+,5+,6?/m1/s1. The molecule has 0 aromatic rings. The largest absolute Gasteiger partial charge is 0.395 e. The molecule has 6 nitrogen and oxygen atoms in total. The van der Waals surface area contributed by atoms with Crippen molar-refractivity contribution in [2.24, 2.45) is 0 Å². The minimum atomic E-state index is -3.68. The summed E-state index contributed by atoms with van der Waals surface area (Å²) >= 11 is 0. The maximum Gasteiger partial charge on any atom is 0.319 e. The molecule has 5 atom stereocenters. The molecule has 0 spiro atoms. The van der Waals surface area contributed by atoms with Crippen LogP contribution in [0.4, 0.5) is 8.78 Å². The Morgan fingerprint density at radius 1 is 1.20 bits per heavy atom. The van der Waals surface area contributed by atoms with E-state index >= 15 is 0 Å². The summed E-state index contributed by atoms with van der Waals surface area (Å²) in [7, 11) is 0.